The Hall–Kier alpha value is -3.21. The molecule has 5 heteroatoms. The second-order valence-electron chi connectivity index (χ2n) is 8.13. The van der Waals surface area contributed by atoms with E-state index >= 15 is 0 Å². The van der Waals surface area contributed by atoms with Crippen LogP contribution in [0, 0.1) is 17.5 Å². The number of hydrogen-bond donors (Lipinski definition) is 0. The van der Waals surface area contributed by atoms with E-state index in [1.165, 1.54) is 30.3 Å². The molecule has 0 saturated heterocycles. The molecular weight excluding hydrogens is 443 g/mol. The second-order valence-corrected chi connectivity index (χ2v) is 8.13. The Balaban J connectivity index is 1.78. The summed E-state index contributed by atoms with van der Waals surface area (Å²) in [6.07, 6.45) is 3.29. The maximum absolute atomic E-state index is 14.9. The lowest BCUT2D eigenvalue weighted by Gasteiger charge is -2.16. The molecule has 0 amide bonds. The number of hydrogen-bond acceptors (Lipinski definition) is 0. The Morgan fingerprint density at radius 1 is 0.735 bits per heavy atom. The summed E-state index contributed by atoms with van der Waals surface area (Å²) in [7, 11) is 0. The molecule has 0 spiro atoms. The van der Waals surface area contributed by atoms with E-state index < -0.39 is 29.8 Å². The Morgan fingerprint density at radius 3 is 1.85 bits per heavy atom. The van der Waals surface area contributed by atoms with E-state index in [9.17, 15) is 22.0 Å². The van der Waals surface area contributed by atoms with E-state index in [2.05, 4.69) is 6.58 Å². The lowest BCUT2D eigenvalue weighted by molar-refractivity contribution is 0.170. The largest absolute Gasteiger partial charge is 0.239 e. The van der Waals surface area contributed by atoms with Crippen molar-refractivity contribution in [3.8, 4) is 11.1 Å². The van der Waals surface area contributed by atoms with Gasteiger partial charge in [-0.25, -0.2) is 22.0 Å². The highest BCUT2D eigenvalue weighted by Crippen LogP contribution is 2.37. The van der Waals surface area contributed by atoms with Gasteiger partial charge in [-0.15, -0.1) is 6.58 Å². The molecule has 0 radical (unpaired) electrons. The highest BCUT2D eigenvalue weighted by Gasteiger charge is 2.26. The third-order valence-electron chi connectivity index (χ3n) is 5.76. The quantitative estimate of drug-likeness (QED) is 0.205. The Kier molecular flexibility index (Phi) is 8.80. The van der Waals surface area contributed by atoms with Gasteiger partial charge in [0.15, 0.2) is 12.3 Å². The molecule has 0 aliphatic rings. The molecular formula is C29H27F5. The lowest BCUT2D eigenvalue weighted by atomic mass is 9.95. The normalized spacial score (nSPS) is 13.2. The standard InChI is InChI=1S/C29H27F5/c1-3-5-7-9-20-11-13-22(17-26(20)31)28(33)29(34)23-14-15-24(27(32)18-23)21-12-10-19(8-6-4-2)25(30)16-21/h3-5,10-18,28-29H,2,6-9H2,1H3/b5-3+. The summed E-state index contributed by atoms with van der Waals surface area (Å²) < 4.78 is 73.2. The molecule has 0 bridgehead atoms. The van der Waals surface area contributed by atoms with Crippen LogP contribution in [-0.2, 0) is 12.8 Å². The molecule has 2 unspecified atom stereocenters. The SMILES string of the molecule is C=CCCc1ccc(-c2ccc(C(F)C(F)c3ccc(CC/C=C/C)c(F)c3)cc2F)cc1F. The number of benzene rings is 3. The monoisotopic (exact) mass is 470 g/mol. The van der Waals surface area contributed by atoms with Crippen molar-refractivity contribution < 1.29 is 22.0 Å². The van der Waals surface area contributed by atoms with Crippen molar-refractivity contribution in [2.45, 2.75) is 45.0 Å². The fraction of sp³-hybridized carbons (Fsp3) is 0.241. The molecule has 0 fully saturated rings. The molecule has 34 heavy (non-hydrogen) atoms. The highest BCUT2D eigenvalue weighted by molar-refractivity contribution is 5.65. The smallest absolute Gasteiger partial charge is 0.160 e. The van der Waals surface area contributed by atoms with Gasteiger partial charge >= 0.3 is 0 Å². The molecule has 3 aromatic carbocycles. The van der Waals surface area contributed by atoms with Gasteiger partial charge in [-0.05, 0) is 78.6 Å². The average molecular weight is 471 g/mol. The van der Waals surface area contributed by atoms with Crippen LogP contribution in [0.15, 0.2) is 79.4 Å². The Bertz CT molecular complexity index is 1170. The van der Waals surface area contributed by atoms with Gasteiger partial charge in [0.25, 0.3) is 0 Å². The van der Waals surface area contributed by atoms with Crippen molar-refractivity contribution in [1.82, 2.24) is 0 Å². The topological polar surface area (TPSA) is 0 Å². The number of allylic oxidation sites excluding steroid dienone is 3. The fourth-order valence-corrected chi connectivity index (χ4v) is 3.79. The molecule has 0 nitrogen and oxygen atoms in total. The Labute approximate surface area is 197 Å². The summed E-state index contributed by atoms with van der Waals surface area (Å²) in [5.41, 5.74) is 0.923. The molecule has 0 aliphatic carbocycles. The molecule has 0 aromatic heterocycles. The summed E-state index contributed by atoms with van der Waals surface area (Å²) >= 11 is 0. The van der Waals surface area contributed by atoms with E-state index in [0.717, 1.165) is 12.1 Å². The van der Waals surface area contributed by atoms with Crippen molar-refractivity contribution in [2.75, 3.05) is 0 Å². The van der Waals surface area contributed by atoms with Crippen LogP contribution >= 0.6 is 0 Å². The van der Waals surface area contributed by atoms with Gasteiger partial charge in [-0.1, -0.05) is 54.6 Å². The van der Waals surface area contributed by atoms with Crippen LogP contribution in [-0.4, -0.2) is 0 Å². The molecule has 178 valence electrons. The molecule has 0 aliphatic heterocycles. The van der Waals surface area contributed by atoms with Gasteiger partial charge in [0.2, 0.25) is 0 Å². The van der Waals surface area contributed by atoms with Crippen LogP contribution in [0.5, 0.6) is 0 Å². The van der Waals surface area contributed by atoms with Crippen LogP contribution in [0.4, 0.5) is 22.0 Å². The Morgan fingerprint density at radius 2 is 1.29 bits per heavy atom. The molecule has 3 rings (SSSR count). The molecule has 2 atom stereocenters. The predicted octanol–water partition coefficient (Wildman–Crippen LogP) is 9.12. The van der Waals surface area contributed by atoms with Crippen molar-refractivity contribution in [3.05, 3.63) is 119 Å². The van der Waals surface area contributed by atoms with Crippen LogP contribution in [0.2, 0.25) is 0 Å². The van der Waals surface area contributed by atoms with Crippen LogP contribution < -0.4 is 0 Å². The third kappa shape index (κ3) is 6.02. The number of halogens is 5. The first-order valence-electron chi connectivity index (χ1n) is 11.2. The van der Waals surface area contributed by atoms with Gasteiger partial charge in [0, 0.05) is 5.56 Å². The van der Waals surface area contributed by atoms with Gasteiger partial charge in [0.1, 0.15) is 17.5 Å². The van der Waals surface area contributed by atoms with Gasteiger partial charge < -0.3 is 0 Å². The molecule has 0 saturated carbocycles. The zero-order valence-electron chi connectivity index (χ0n) is 19.0. The van der Waals surface area contributed by atoms with E-state index in [1.807, 2.05) is 19.1 Å². The van der Waals surface area contributed by atoms with Crippen LogP contribution in [0.25, 0.3) is 11.1 Å². The average Bonchev–Trinajstić information content (AvgIpc) is 2.83. The minimum absolute atomic E-state index is 0.0806. The van der Waals surface area contributed by atoms with E-state index in [1.54, 1.807) is 18.2 Å². The maximum Gasteiger partial charge on any atom is 0.160 e. The van der Waals surface area contributed by atoms with E-state index in [4.69, 9.17) is 0 Å². The second kappa shape index (κ2) is 11.8. The van der Waals surface area contributed by atoms with E-state index in [-0.39, 0.29) is 16.7 Å². The van der Waals surface area contributed by atoms with Crippen molar-refractivity contribution >= 4 is 0 Å². The van der Waals surface area contributed by atoms with Crippen molar-refractivity contribution in [1.29, 1.82) is 0 Å². The summed E-state index contributed by atoms with van der Waals surface area (Å²) in [5.74, 6) is -1.86. The van der Waals surface area contributed by atoms with Gasteiger partial charge in [0.05, 0.1) is 0 Å². The summed E-state index contributed by atoms with van der Waals surface area (Å²) in [6, 6.07) is 11.6. The zero-order chi connectivity index (χ0) is 24.7. The van der Waals surface area contributed by atoms with Crippen LogP contribution in [0.3, 0.4) is 0 Å². The first kappa shape index (κ1) is 25.4. The van der Waals surface area contributed by atoms with Gasteiger partial charge in [-0.2, -0.15) is 0 Å². The molecule has 0 heterocycles. The lowest BCUT2D eigenvalue weighted by Crippen LogP contribution is -2.04. The van der Waals surface area contributed by atoms with Gasteiger partial charge in [-0.3, -0.25) is 0 Å². The number of rotatable bonds is 10. The van der Waals surface area contributed by atoms with Crippen molar-refractivity contribution in [2.24, 2.45) is 0 Å². The van der Waals surface area contributed by atoms with Crippen molar-refractivity contribution in [3.63, 3.8) is 0 Å². The minimum atomic E-state index is -2.19. The number of aryl methyl sites for hydroxylation is 2. The summed E-state index contributed by atoms with van der Waals surface area (Å²) in [5, 5.41) is 0. The predicted molar refractivity (Wildman–Crippen MR) is 128 cm³/mol. The molecule has 3 aromatic rings. The third-order valence-corrected chi connectivity index (χ3v) is 5.76. The summed E-state index contributed by atoms with van der Waals surface area (Å²) in [4.78, 5) is 0. The maximum atomic E-state index is 14.9. The highest BCUT2D eigenvalue weighted by atomic mass is 19.2. The minimum Gasteiger partial charge on any atom is -0.239 e. The first-order chi connectivity index (χ1) is 16.3. The number of alkyl halides is 2. The molecule has 0 N–H and O–H groups in total. The van der Waals surface area contributed by atoms with Crippen LogP contribution in [0.1, 0.15) is 54.4 Å². The van der Waals surface area contributed by atoms with E-state index in [0.29, 0.717) is 42.4 Å². The zero-order valence-corrected chi connectivity index (χ0v) is 19.0. The summed E-state index contributed by atoms with van der Waals surface area (Å²) in [6.45, 7) is 5.47. The fourth-order valence-electron chi connectivity index (χ4n) is 3.79. The first-order valence-corrected chi connectivity index (χ1v) is 11.2.